The number of aromatic nitrogens is 1. The van der Waals surface area contributed by atoms with Gasteiger partial charge in [0.2, 0.25) is 0 Å². The van der Waals surface area contributed by atoms with E-state index in [1.807, 2.05) is 19.1 Å². The van der Waals surface area contributed by atoms with Crippen LogP contribution >= 0.6 is 28.6 Å². The van der Waals surface area contributed by atoms with E-state index >= 15 is 0 Å². The van der Waals surface area contributed by atoms with Gasteiger partial charge in [0.15, 0.2) is 0 Å². The van der Waals surface area contributed by atoms with E-state index in [2.05, 4.69) is 38.9 Å². The topological polar surface area (TPSA) is 42.0 Å². The smallest absolute Gasteiger partial charge is 0.256 e. The fourth-order valence-corrected chi connectivity index (χ4v) is 2.10. The molecule has 0 unspecified atom stereocenters. The molecule has 92 valence electrons. The molecule has 0 radical (unpaired) electrons. The molecule has 1 N–H and O–H groups in total. The van der Waals surface area contributed by atoms with Gasteiger partial charge in [-0.3, -0.25) is 9.78 Å². The lowest BCUT2D eigenvalue weighted by Crippen LogP contribution is -2.13. The minimum absolute atomic E-state index is 0.164. The minimum atomic E-state index is -0.164. The maximum Gasteiger partial charge on any atom is 0.256 e. The van der Waals surface area contributed by atoms with E-state index in [0.717, 1.165) is 14.9 Å². The number of halogens is 1. The lowest BCUT2D eigenvalue weighted by atomic mass is 10.1. The molecule has 2 rings (SSSR count). The number of nitrogens with one attached hydrogen (secondary N) is 1. The molecular formula is C13H11BrN2OS. The number of pyridine rings is 1. The highest BCUT2D eigenvalue weighted by atomic mass is 79.9. The van der Waals surface area contributed by atoms with Crippen LogP contribution < -0.4 is 5.32 Å². The lowest BCUT2D eigenvalue weighted by Gasteiger charge is -2.08. The first-order valence-electron chi connectivity index (χ1n) is 5.28. The second-order valence-electron chi connectivity index (χ2n) is 3.85. The zero-order chi connectivity index (χ0) is 13.1. The number of hydrogen-bond donors (Lipinski definition) is 2. The van der Waals surface area contributed by atoms with E-state index in [0.29, 0.717) is 11.3 Å². The second kappa shape index (κ2) is 5.54. The maximum atomic E-state index is 12.1. The number of anilines is 1. The summed E-state index contributed by atoms with van der Waals surface area (Å²) in [5, 5.41) is 2.80. The molecule has 5 heteroatoms. The maximum absolute atomic E-state index is 12.1. The van der Waals surface area contributed by atoms with Crippen LogP contribution in [0.2, 0.25) is 0 Å². The number of aryl methyl sites for hydroxylation is 1. The monoisotopic (exact) mass is 322 g/mol. The third-order valence-corrected chi connectivity index (χ3v) is 3.14. The summed E-state index contributed by atoms with van der Waals surface area (Å²) in [7, 11) is 0. The fraction of sp³-hybridized carbons (Fsp3) is 0.0769. The summed E-state index contributed by atoms with van der Waals surface area (Å²) in [5.41, 5.74) is 2.18. The summed E-state index contributed by atoms with van der Waals surface area (Å²) in [6.07, 6.45) is 3.26. The van der Waals surface area contributed by atoms with Crippen molar-refractivity contribution in [2.75, 3.05) is 5.32 Å². The number of carbonyl (C=O) groups excluding carboxylic acids is 1. The van der Waals surface area contributed by atoms with Crippen molar-refractivity contribution >= 4 is 40.2 Å². The Hall–Kier alpha value is -1.33. The standard InChI is InChI=1S/C13H11BrN2OS/c1-8-2-3-11(18)5-12(8)13(17)16-10-4-9(14)6-15-7-10/h2-7,18H,1H3,(H,16,17). The molecule has 0 spiro atoms. The highest BCUT2D eigenvalue weighted by Crippen LogP contribution is 2.18. The van der Waals surface area contributed by atoms with Gasteiger partial charge in [-0.1, -0.05) is 6.07 Å². The van der Waals surface area contributed by atoms with E-state index < -0.39 is 0 Å². The molecule has 0 saturated heterocycles. The van der Waals surface area contributed by atoms with Gasteiger partial charge < -0.3 is 5.32 Å². The van der Waals surface area contributed by atoms with E-state index in [4.69, 9.17) is 0 Å². The van der Waals surface area contributed by atoms with Crippen LogP contribution in [0.3, 0.4) is 0 Å². The lowest BCUT2D eigenvalue weighted by molar-refractivity contribution is 0.102. The summed E-state index contributed by atoms with van der Waals surface area (Å²) < 4.78 is 0.819. The van der Waals surface area contributed by atoms with Gasteiger partial charge in [-0.05, 0) is 46.6 Å². The Balaban J connectivity index is 2.24. The van der Waals surface area contributed by atoms with Crippen molar-refractivity contribution in [2.24, 2.45) is 0 Å². The molecule has 18 heavy (non-hydrogen) atoms. The van der Waals surface area contributed by atoms with Gasteiger partial charge in [0.05, 0.1) is 11.9 Å². The molecule has 0 aliphatic rings. The number of benzene rings is 1. The van der Waals surface area contributed by atoms with Crippen molar-refractivity contribution in [3.8, 4) is 0 Å². The first-order valence-corrected chi connectivity index (χ1v) is 6.52. The third-order valence-electron chi connectivity index (χ3n) is 2.43. The average molecular weight is 323 g/mol. The van der Waals surface area contributed by atoms with Crippen LogP contribution in [0, 0.1) is 6.92 Å². The Morgan fingerprint density at radius 3 is 2.83 bits per heavy atom. The summed E-state index contributed by atoms with van der Waals surface area (Å²) in [5.74, 6) is -0.164. The summed E-state index contributed by atoms with van der Waals surface area (Å²) in [4.78, 5) is 16.9. The van der Waals surface area contributed by atoms with Crippen LogP contribution in [-0.4, -0.2) is 10.9 Å². The van der Waals surface area contributed by atoms with Crippen LogP contribution in [0.4, 0.5) is 5.69 Å². The Bertz CT molecular complexity index is 601. The Labute approximate surface area is 119 Å². The first kappa shape index (κ1) is 13.1. The molecule has 2 aromatic rings. The highest BCUT2D eigenvalue weighted by molar-refractivity contribution is 9.10. The van der Waals surface area contributed by atoms with Crippen LogP contribution in [-0.2, 0) is 0 Å². The van der Waals surface area contributed by atoms with E-state index in [1.54, 1.807) is 24.5 Å². The van der Waals surface area contributed by atoms with Gasteiger partial charge in [-0.2, -0.15) is 0 Å². The molecule has 1 heterocycles. The molecule has 3 nitrogen and oxygen atoms in total. The molecule has 0 aliphatic heterocycles. The normalized spacial score (nSPS) is 10.2. The molecule has 0 aliphatic carbocycles. The molecule has 1 aromatic carbocycles. The second-order valence-corrected chi connectivity index (χ2v) is 5.28. The van der Waals surface area contributed by atoms with Gasteiger partial charge in [-0.25, -0.2) is 0 Å². The zero-order valence-electron chi connectivity index (χ0n) is 9.64. The van der Waals surface area contributed by atoms with Gasteiger partial charge in [-0.15, -0.1) is 12.6 Å². The molecule has 0 saturated carbocycles. The van der Waals surface area contributed by atoms with Crippen molar-refractivity contribution in [3.63, 3.8) is 0 Å². The number of hydrogen-bond acceptors (Lipinski definition) is 3. The Morgan fingerprint density at radius 1 is 1.33 bits per heavy atom. The van der Waals surface area contributed by atoms with Gasteiger partial charge >= 0.3 is 0 Å². The highest BCUT2D eigenvalue weighted by Gasteiger charge is 2.09. The van der Waals surface area contributed by atoms with Crippen molar-refractivity contribution in [1.29, 1.82) is 0 Å². The number of amides is 1. The van der Waals surface area contributed by atoms with Crippen molar-refractivity contribution in [1.82, 2.24) is 4.98 Å². The number of thiol groups is 1. The van der Waals surface area contributed by atoms with E-state index in [-0.39, 0.29) is 5.91 Å². The quantitative estimate of drug-likeness (QED) is 0.828. The minimum Gasteiger partial charge on any atom is -0.321 e. The molecule has 0 fully saturated rings. The summed E-state index contributed by atoms with van der Waals surface area (Å²) >= 11 is 7.55. The van der Waals surface area contributed by atoms with Crippen molar-refractivity contribution < 1.29 is 4.79 Å². The first-order chi connectivity index (χ1) is 8.56. The Kier molecular flexibility index (Phi) is 4.04. The number of carbonyl (C=O) groups is 1. The molecular weight excluding hydrogens is 312 g/mol. The van der Waals surface area contributed by atoms with Crippen LogP contribution in [0.1, 0.15) is 15.9 Å². The predicted octanol–water partition coefficient (Wildman–Crippen LogP) is 3.69. The predicted molar refractivity (Wildman–Crippen MR) is 78.3 cm³/mol. The third kappa shape index (κ3) is 3.11. The largest absolute Gasteiger partial charge is 0.321 e. The summed E-state index contributed by atoms with van der Waals surface area (Å²) in [6, 6.07) is 7.27. The fourth-order valence-electron chi connectivity index (χ4n) is 1.53. The zero-order valence-corrected chi connectivity index (χ0v) is 12.1. The molecule has 0 bridgehead atoms. The van der Waals surface area contributed by atoms with Crippen molar-refractivity contribution in [3.05, 3.63) is 52.3 Å². The SMILES string of the molecule is Cc1ccc(S)cc1C(=O)Nc1cncc(Br)c1. The van der Waals surface area contributed by atoms with E-state index in [1.165, 1.54) is 0 Å². The van der Waals surface area contributed by atoms with Crippen LogP contribution in [0.25, 0.3) is 0 Å². The average Bonchev–Trinajstić information content (AvgIpc) is 2.32. The van der Waals surface area contributed by atoms with E-state index in [9.17, 15) is 4.79 Å². The van der Waals surface area contributed by atoms with Crippen molar-refractivity contribution in [2.45, 2.75) is 11.8 Å². The molecule has 0 atom stereocenters. The van der Waals surface area contributed by atoms with Crippen LogP contribution in [0.15, 0.2) is 46.0 Å². The van der Waals surface area contributed by atoms with Gasteiger partial charge in [0.1, 0.15) is 0 Å². The summed E-state index contributed by atoms with van der Waals surface area (Å²) in [6.45, 7) is 1.89. The molecule has 1 amide bonds. The van der Waals surface area contributed by atoms with Gasteiger partial charge in [0.25, 0.3) is 5.91 Å². The Morgan fingerprint density at radius 2 is 2.11 bits per heavy atom. The van der Waals surface area contributed by atoms with Gasteiger partial charge in [0, 0.05) is 21.1 Å². The number of rotatable bonds is 2. The number of nitrogens with zero attached hydrogens (tertiary/aromatic N) is 1. The molecule has 1 aromatic heterocycles. The van der Waals surface area contributed by atoms with Crippen LogP contribution in [0.5, 0.6) is 0 Å².